The molecule has 1 aromatic heterocycles. The van der Waals surface area contributed by atoms with Gasteiger partial charge in [-0.2, -0.15) is 8.42 Å². The Morgan fingerprint density at radius 2 is 1.86 bits per heavy atom. The average Bonchev–Trinajstić information content (AvgIpc) is 2.47. The maximum atomic E-state index is 11.0. The number of hydrogen-bond donors (Lipinski definition) is 2. The Balaban J connectivity index is 2.41. The van der Waals surface area contributed by atoms with Crippen molar-refractivity contribution in [2.24, 2.45) is 0 Å². The summed E-state index contributed by atoms with van der Waals surface area (Å²) in [5.41, 5.74) is 2.11. The molecule has 1 heterocycles. The SMILES string of the molecule is O=S(=O)=c1ccc2c(-c3cccc(Cl)c3)ccc(O)c2[nH]1. The first kappa shape index (κ1) is 13.7. The average molecular weight is 320 g/mol. The largest absolute Gasteiger partial charge is 0.506 e. The molecule has 3 rings (SSSR count). The number of aromatic hydroxyl groups is 1. The first-order chi connectivity index (χ1) is 10.1. The summed E-state index contributed by atoms with van der Waals surface area (Å²) in [5.74, 6) is -0.0110. The molecule has 106 valence electrons. The summed E-state index contributed by atoms with van der Waals surface area (Å²) >= 11 is 6.01. The summed E-state index contributed by atoms with van der Waals surface area (Å²) in [6.07, 6.45) is 0. The predicted octanol–water partition coefficient (Wildman–Crippen LogP) is 3.60. The number of phenolic OH excluding ortho intramolecular Hbond substituents is 1. The molecular weight excluding hydrogens is 310 g/mol. The lowest BCUT2D eigenvalue weighted by Crippen LogP contribution is -1.87. The summed E-state index contributed by atoms with van der Waals surface area (Å²) in [6.45, 7) is 0. The van der Waals surface area contributed by atoms with Crippen LogP contribution in [-0.2, 0) is 10.3 Å². The van der Waals surface area contributed by atoms with Gasteiger partial charge in [0.15, 0.2) is 4.64 Å². The zero-order valence-corrected chi connectivity index (χ0v) is 12.2. The number of aromatic nitrogens is 1. The van der Waals surface area contributed by atoms with E-state index in [1.54, 1.807) is 18.2 Å². The molecule has 0 spiro atoms. The van der Waals surface area contributed by atoms with Gasteiger partial charge in [-0.15, -0.1) is 0 Å². The molecule has 0 aliphatic heterocycles. The normalized spacial score (nSPS) is 10.7. The van der Waals surface area contributed by atoms with Crippen molar-refractivity contribution in [3.05, 3.63) is 58.2 Å². The van der Waals surface area contributed by atoms with Crippen LogP contribution in [-0.4, -0.2) is 18.5 Å². The number of phenols is 1. The molecule has 0 radical (unpaired) electrons. The number of rotatable bonds is 1. The lowest BCUT2D eigenvalue weighted by molar-refractivity contribution is 0.480. The number of pyridine rings is 1. The Kier molecular flexibility index (Phi) is 3.45. The van der Waals surface area contributed by atoms with Crippen molar-refractivity contribution >= 4 is 32.8 Å². The molecule has 2 N–H and O–H groups in total. The fourth-order valence-electron chi connectivity index (χ4n) is 2.24. The summed E-state index contributed by atoms with van der Waals surface area (Å²) in [4.78, 5) is 2.72. The zero-order valence-electron chi connectivity index (χ0n) is 10.7. The molecule has 2 aromatic carbocycles. The van der Waals surface area contributed by atoms with Crippen molar-refractivity contribution in [2.75, 3.05) is 0 Å². The summed E-state index contributed by atoms with van der Waals surface area (Å²) in [6, 6.07) is 13.7. The van der Waals surface area contributed by atoms with E-state index in [0.717, 1.165) is 11.1 Å². The van der Waals surface area contributed by atoms with Crippen LogP contribution in [0.3, 0.4) is 0 Å². The maximum absolute atomic E-state index is 11.0. The number of fused-ring (bicyclic) bond motifs is 1. The molecule has 6 heteroatoms. The fraction of sp³-hybridized carbons (Fsp3) is 0. The van der Waals surface area contributed by atoms with Crippen LogP contribution in [0.25, 0.3) is 22.0 Å². The number of hydrogen-bond acceptors (Lipinski definition) is 3. The first-order valence-corrected chi connectivity index (χ1v) is 7.55. The van der Waals surface area contributed by atoms with Gasteiger partial charge in [-0.25, -0.2) is 0 Å². The highest BCUT2D eigenvalue weighted by Crippen LogP contribution is 2.33. The minimum Gasteiger partial charge on any atom is -0.506 e. The molecule has 3 aromatic rings. The summed E-state index contributed by atoms with van der Waals surface area (Å²) < 4.78 is 22.1. The van der Waals surface area contributed by atoms with Gasteiger partial charge in [0.25, 0.3) is 0 Å². The number of halogens is 1. The van der Waals surface area contributed by atoms with E-state index in [4.69, 9.17) is 11.6 Å². The minimum absolute atomic E-state index is 0.0110. The Bertz CT molecular complexity index is 1010. The van der Waals surface area contributed by atoms with Gasteiger partial charge in [0.2, 0.25) is 10.3 Å². The van der Waals surface area contributed by atoms with Gasteiger partial charge in [-0.05, 0) is 47.5 Å². The van der Waals surface area contributed by atoms with Crippen LogP contribution in [0.2, 0.25) is 5.02 Å². The number of H-pyrrole nitrogens is 1. The van der Waals surface area contributed by atoms with Crippen LogP contribution in [0.4, 0.5) is 0 Å². The molecular formula is C15H10ClNO3S. The van der Waals surface area contributed by atoms with Gasteiger partial charge in [-0.1, -0.05) is 23.7 Å². The van der Waals surface area contributed by atoms with Crippen molar-refractivity contribution in [1.29, 1.82) is 0 Å². The molecule has 0 amide bonds. The molecule has 0 aliphatic rings. The number of benzene rings is 2. The van der Waals surface area contributed by atoms with E-state index < -0.39 is 10.3 Å². The van der Waals surface area contributed by atoms with Gasteiger partial charge >= 0.3 is 0 Å². The van der Waals surface area contributed by atoms with Crippen molar-refractivity contribution in [2.45, 2.75) is 0 Å². The van der Waals surface area contributed by atoms with Gasteiger partial charge in [0.1, 0.15) is 5.75 Å². The quantitative estimate of drug-likeness (QED) is 0.673. The van der Waals surface area contributed by atoms with Crippen LogP contribution < -0.4 is 0 Å². The second-order valence-electron chi connectivity index (χ2n) is 4.49. The van der Waals surface area contributed by atoms with E-state index in [9.17, 15) is 13.5 Å². The van der Waals surface area contributed by atoms with Crippen LogP contribution in [0.15, 0.2) is 48.5 Å². The Morgan fingerprint density at radius 3 is 2.57 bits per heavy atom. The van der Waals surface area contributed by atoms with Crippen molar-refractivity contribution in [1.82, 2.24) is 4.98 Å². The topological polar surface area (TPSA) is 70.2 Å². The molecule has 0 atom stereocenters. The minimum atomic E-state index is -2.39. The van der Waals surface area contributed by atoms with E-state index in [-0.39, 0.29) is 10.4 Å². The molecule has 0 fully saturated rings. The van der Waals surface area contributed by atoms with E-state index in [1.807, 2.05) is 18.2 Å². The second kappa shape index (κ2) is 5.27. The second-order valence-corrected chi connectivity index (χ2v) is 5.83. The van der Waals surface area contributed by atoms with Crippen LogP contribution >= 0.6 is 11.6 Å². The third kappa shape index (κ3) is 2.53. The molecule has 0 aliphatic carbocycles. The monoisotopic (exact) mass is 319 g/mol. The van der Waals surface area contributed by atoms with E-state index >= 15 is 0 Å². The smallest absolute Gasteiger partial charge is 0.238 e. The summed E-state index contributed by atoms with van der Waals surface area (Å²) in [7, 11) is -2.39. The van der Waals surface area contributed by atoms with E-state index in [1.165, 1.54) is 12.1 Å². The van der Waals surface area contributed by atoms with Crippen LogP contribution in [0, 0.1) is 4.64 Å². The molecule has 21 heavy (non-hydrogen) atoms. The van der Waals surface area contributed by atoms with E-state index in [2.05, 4.69) is 4.98 Å². The third-order valence-corrected chi connectivity index (χ3v) is 4.02. The number of nitrogens with one attached hydrogen (secondary N) is 1. The van der Waals surface area contributed by atoms with Crippen LogP contribution in [0.5, 0.6) is 5.75 Å². The molecule has 4 nitrogen and oxygen atoms in total. The Labute approximate surface area is 126 Å². The molecule has 0 saturated heterocycles. The Morgan fingerprint density at radius 1 is 1.05 bits per heavy atom. The van der Waals surface area contributed by atoms with Gasteiger partial charge in [0, 0.05) is 10.4 Å². The lowest BCUT2D eigenvalue weighted by Gasteiger charge is -2.08. The third-order valence-electron chi connectivity index (χ3n) is 3.19. The molecule has 0 bridgehead atoms. The highest BCUT2D eigenvalue weighted by atomic mass is 35.5. The van der Waals surface area contributed by atoms with Gasteiger partial charge < -0.3 is 10.1 Å². The Hall–Kier alpha value is -2.24. The molecule has 0 saturated carbocycles. The standard InChI is InChI=1S/C15H10ClNO3S/c16-10-3-1-2-9(8-10)11-4-6-13(18)15-12(11)5-7-14(17-15)21(19)20/h1-8,17-18H. The molecule has 0 unspecified atom stereocenters. The van der Waals surface area contributed by atoms with E-state index in [0.29, 0.717) is 15.9 Å². The van der Waals surface area contributed by atoms with Crippen LogP contribution in [0.1, 0.15) is 0 Å². The maximum Gasteiger partial charge on any atom is 0.238 e. The lowest BCUT2D eigenvalue weighted by atomic mass is 10.0. The number of aromatic amines is 1. The zero-order chi connectivity index (χ0) is 15.0. The first-order valence-electron chi connectivity index (χ1n) is 6.09. The van der Waals surface area contributed by atoms with Crippen molar-refractivity contribution < 1.29 is 13.5 Å². The van der Waals surface area contributed by atoms with Crippen molar-refractivity contribution in [3.63, 3.8) is 0 Å². The highest BCUT2D eigenvalue weighted by Gasteiger charge is 2.08. The highest BCUT2D eigenvalue weighted by molar-refractivity contribution is 7.63. The van der Waals surface area contributed by atoms with Gasteiger partial charge in [-0.3, -0.25) is 0 Å². The fourth-order valence-corrected chi connectivity index (χ4v) is 2.80. The predicted molar refractivity (Wildman–Crippen MR) is 82.6 cm³/mol. The van der Waals surface area contributed by atoms with Gasteiger partial charge in [0.05, 0.1) is 5.52 Å². The summed E-state index contributed by atoms with van der Waals surface area (Å²) in [5, 5.41) is 11.3. The van der Waals surface area contributed by atoms with Crippen molar-refractivity contribution in [3.8, 4) is 16.9 Å².